The minimum Gasteiger partial charge on any atom is -0.394 e. The Morgan fingerprint density at radius 3 is 2.46 bits per heavy atom. The van der Waals surface area contributed by atoms with E-state index in [1.54, 1.807) is 0 Å². The summed E-state index contributed by atoms with van der Waals surface area (Å²) in [6, 6.07) is 0. The quantitative estimate of drug-likeness (QED) is 0.496. The molecule has 6 heteroatoms. The van der Waals surface area contributed by atoms with Gasteiger partial charge in [-0.3, -0.25) is 0 Å². The van der Waals surface area contributed by atoms with E-state index >= 15 is 0 Å². The van der Waals surface area contributed by atoms with E-state index in [1.807, 2.05) is 0 Å². The number of halogens is 1. The molecule has 1 rings (SSSR count). The van der Waals surface area contributed by atoms with E-state index < -0.39 is 37.4 Å². The predicted molar refractivity (Wildman–Crippen MR) is 39.7 cm³/mol. The number of hydrogen-bond acceptors (Lipinski definition) is 5. The Morgan fingerprint density at radius 1 is 1.38 bits per heavy atom. The van der Waals surface area contributed by atoms with Gasteiger partial charge >= 0.3 is 0 Å². The van der Waals surface area contributed by atoms with E-state index in [2.05, 4.69) is 4.74 Å². The second kappa shape index (κ2) is 4.30. The molecule has 1 aliphatic heterocycles. The van der Waals surface area contributed by atoms with E-state index in [1.165, 1.54) is 7.11 Å². The highest BCUT2D eigenvalue weighted by atomic mass is 19.1. The summed E-state index contributed by atoms with van der Waals surface area (Å²) in [6.07, 6.45) is -7.06. The van der Waals surface area contributed by atoms with Crippen molar-refractivity contribution in [2.45, 2.75) is 30.8 Å². The van der Waals surface area contributed by atoms with E-state index in [9.17, 15) is 9.50 Å². The van der Waals surface area contributed by atoms with Crippen molar-refractivity contribution in [1.82, 2.24) is 0 Å². The van der Waals surface area contributed by atoms with Gasteiger partial charge in [-0.15, -0.1) is 0 Å². The Labute approximate surface area is 74.7 Å². The minimum atomic E-state index is -1.80. The van der Waals surface area contributed by atoms with E-state index in [4.69, 9.17) is 14.9 Å². The average molecular weight is 196 g/mol. The lowest BCUT2D eigenvalue weighted by atomic mass is 10.0. The van der Waals surface area contributed by atoms with Gasteiger partial charge in [-0.05, 0) is 0 Å². The van der Waals surface area contributed by atoms with Gasteiger partial charge < -0.3 is 24.8 Å². The first-order chi connectivity index (χ1) is 6.11. The van der Waals surface area contributed by atoms with Crippen molar-refractivity contribution in [3.63, 3.8) is 0 Å². The van der Waals surface area contributed by atoms with Gasteiger partial charge in [0.25, 0.3) is 0 Å². The lowest BCUT2D eigenvalue weighted by molar-refractivity contribution is -0.283. The fraction of sp³-hybridized carbons (Fsp3) is 1.00. The Bertz CT molecular complexity index is 147. The molecule has 0 amide bonds. The summed E-state index contributed by atoms with van der Waals surface area (Å²) in [6.45, 7) is -0.565. The molecule has 0 aliphatic carbocycles. The molecule has 0 aromatic rings. The number of rotatable bonds is 2. The summed E-state index contributed by atoms with van der Waals surface area (Å²) in [5.74, 6) is 0. The zero-order chi connectivity index (χ0) is 10.0. The molecular weight excluding hydrogens is 183 g/mol. The number of methoxy groups -OCH3 is 1. The van der Waals surface area contributed by atoms with Gasteiger partial charge in [-0.25, -0.2) is 4.39 Å². The van der Waals surface area contributed by atoms with Gasteiger partial charge in [-0.1, -0.05) is 0 Å². The van der Waals surface area contributed by atoms with Crippen molar-refractivity contribution in [2.24, 2.45) is 0 Å². The van der Waals surface area contributed by atoms with Crippen LogP contribution in [0.3, 0.4) is 0 Å². The van der Waals surface area contributed by atoms with Crippen LogP contribution in [0.15, 0.2) is 0 Å². The van der Waals surface area contributed by atoms with Crippen LogP contribution >= 0.6 is 0 Å². The SMILES string of the molecule is CO[C@@H]1O[C@H](CO)[C@H](F)[C@@H](O)[C@H]1O. The number of aliphatic hydroxyl groups is 3. The third kappa shape index (κ3) is 1.97. The van der Waals surface area contributed by atoms with Crippen molar-refractivity contribution >= 4 is 0 Å². The standard InChI is InChI=1S/C7H13FO5/c1-12-7-6(11)5(10)4(8)3(2-9)13-7/h3-7,9-11H,2H2,1H3/t3-,4+,5-,6-,7-/m1/s1. The lowest BCUT2D eigenvalue weighted by Crippen LogP contribution is -2.57. The molecule has 5 atom stereocenters. The largest absolute Gasteiger partial charge is 0.394 e. The number of hydrogen-bond donors (Lipinski definition) is 3. The fourth-order valence-electron chi connectivity index (χ4n) is 1.24. The van der Waals surface area contributed by atoms with Gasteiger partial charge in [0, 0.05) is 7.11 Å². The summed E-state index contributed by atoms with van der Waals surface area (Å²) in [7, 11) is 1.26. The highest BCUT2D eigenvalue weighted by molar-refractivity contribution is 4.88. The molecule has 1 aliphatic rings. The summed E-state index contributed by atoms with van der Waals surface area (Å²) in [4.78, 5) is 0. The van der Waals surface area contributed by atoms with Crippen LogP contribution in [0.4, 0.5) is 4.39 Å². The number of ether oxygens (including phenoxy) is 2. The molecule has 1 heterocycles. The molecule has 0 aromatic carbocycles. The van der Waals surface area contributed by atoms with Crippen LogP contribution in [0, 0.1) is 0 Å². The molecule has 5 nitrogen and oxygen atoms in total. The fourth-order valence-corrected chi connectivity index (χ4v) is 1.24. The van der Waals surface area contributed by atoms with Gasteiger partial charge in [0.05, 0.1) is 6.61 Å². The van der Waals surface area contributed by atoms with Crippen molar-refractivity contribution in [2.75, 3.05) is 13.7 Å². The molecule has 0 radical (unpaired) electrons. The van der Waals surface area contributed by atoms with Crippen LogP contribution in [0.5, 0.6) is 0 Å². The van der Waals surface area contributed by atoms with E-state index in [-0.39, 0.29) is 0 Å². The highest BCUT2D eigenvalue weighted by Crippen LogP contribution is 2.23. The molecule has 1 fully saturated rings. The Kier molecular flexibility index (Phi) is 3.57. The molecule has 0 unspecified atom stereocenters. The zero-order valence-corrected chi connectivity index (χ0v) is 7.13. The summed E-state index contributed by atoms with van der Waals surface area (Å²) in [5.41, 5.74) is 0. The van der Waals surface area contributed by atoms with E-state index in [0.29, 0.717) is 0 Å². The van der Waals surface area contributed by atoms with Crippen LogP contribution in [0.25, 0.3) is 0 Å². The molecule has 13 heavy (non-hydrogen) atoms. The second-order valence-corrected chi connectivity index (χ2v) is 2.89. The van der Waals surface area contributed by atoms with Gasteiger partial charge in [-0.2, -0.15) is 0 Å². The second-order valence-electron chi connectivity index (χ2n) is 2.89. The van der Waals surface area contributed by atoms with Gasteiger partial charge in [0.1, 0.15) is 18.3 Å². The van der Waals surface area contributed by atoms with Crippen molar-refractivity contribution in [3.05, 3.63) is 0 Å². The topological polar surface area (TPSA) is 79.2 Å². The molecule has 1 saturated heterocycles. The summed E-state index contributed by atoms with van der Waals surface area (Å²) in [5, 5.41) is 27.0. The molecule has 3 N–H and O–H groups in total. The van der Waals surface area contributed by atoms with Crippen molar-refractivity contribution in [3.8, 4) is 0 Å². The van der Waals surface area contributed by atoms with Crippen LogP contribution in [-0.2, 0) is 9.47 Å². The van der Waals surface area contributed by atoms with Gasteiger partial charge in [0.2, 0.25) is 0 Å². The minimum absolute atomic E-state index is 0.565. The normalized spacial score (nSPS) is 46.4. The molecule has 78 valence electrons. The van der Waals surface area contributed by atoms with Crippen LogP contribution in [0.1, 0.15) is 0 Å². The molecule has 0 aromatic heterocycles. The molecular formula is C7H13FO5. The lowest BCUT2D eigenvalue weighted by Gasteiger charge is -2.37. The van der Waals surface area contributed by atoms with Crippen LogP contribution < -0.4 is 0 Å². The van der Waals surface area contributed by atoms with Gasteiger partial charge in [0.15, 0.2) is 12.5 Å². The predicted octanol–water partition coefficient (Wildman–Crippen LogP) is -1.59. The first-order valence-corrected chi connectivity index (χ1v) is 3.91. The van der Waals surface area contributed by atoms with Crippen molar-refractivity contribution in [1.29, 1.82) is 0 Å². The van der Waals surface area contributed by atoms with Crippen molar-refractivity contribution < 1.29 is 29.2 Å². The summed E-state index contributed by atoms with van der Waals surface area (Å²) >= 11 is 0. The zero-order valence-electron chi connectivity index (χ0n) is 7.13. The maximum atomic E-state index is 13.1. The summed E-state index contributed by atoms with van der Waals surface area (Å²) < 4.78 is 22.5. The molecule has 0 spiro atoms. The third-order valence-electron chi connectivity index (χ3n) is 2.03. The maximum absolute atomic E-state index is 13.1. The average Bonchev–Trinajstić information content (AvgIpc) is 2.15. The first kappa shape index (κ1) is 10.8. The molecule has 0 bridgehead atoms. The monoisotopic (exact) mass is 196 g/mol. The van der Waals surface area contributed by atoms with Crippen LogP contribution in [-0.4, -0.2) is 59.8 Å². The Hall–Kier alpha value is -0.270. The number of aliphatic hydroxyl groups excluding tert-OH is 3. The van der Waals surface area contributed by atoms with Crippen LogP contribution in [0.2, 0.25) is 0 Å². The Balaban J connectivity index is 2.66. The highest BCUT2D eigenvalue weighted by Gasteiger charge is 2.44. The number of alkyl halides is 1. The molecule has 0 saturated carbocycles. The first-order valence-electron chi connectivity index (χ1n) is 3.91. The Morgan fingerprint density at radius 2 is 2.00 bits per heavy atom. The smallest absolute Gasteiger partial charge is 0.186 e. The maximum Gasteiger partial charge on any atom is 0.186 e. The van der Waals surface area contributed by atoms with E-state index in [0.717, 1.165) is 0 Å². The third-order valence-corrected chi connectivity index (χ3v) is 2.03.